The zero-order valence-corrected chi connectivity index (χ0v) is 16.8. The molecule has 3 heterocycles. The summed E-state index contributed by atoms with van der Waals surface area (Å²) in [5, 5.41) is 6.97. The summed E-state index contributed by atoms with van der Waals surface area (Å²) < 4.78 is 1.67. The highest BCUT2D eigenvalue weighted by molar-refractivity contribution is 7.99. The number of hydrogen-bond acceptors (Lipinski definition) is 6. The second-order valence-electron chi connectivity index (χ2n) is 6.16. The summed E-state index contributed by atoms with van der Waals surface area (Å²) in [7, 11) is 1.81. The molecule has 9 heteroatoms. The number of anilines is 1. The third kappa shape index (κ3) is 3.93. The van der Waals surface area contributed by atoms with Gasteiger partial charge in [-0.15, -0.1) is 16.4 Å². The van der Waals surface area contributed by atoms with Gasteiger partial charge in [0, 0.05) is 24.9 Å². The Morgan fingerprint density at radius 3 is 2.92 bits per heavy atom. The van der Waals surface area contributed by atoms with Gasteiger partial charge in [-0.1, -0.05) is 6.92 Å². The monoisotopic (exact) mass is 393 g/mol. The van der Waals surface area contributed by atoms with Gasteiger partial charge in [0.15, 0.2) is 0 Å². The summed E-state index contributed by atoms with van der Waals surface area (Å²) in [6, 6.07) is 3.85. The molecule has 1 N–H and O–H groups in total. The normalized spacial score (nSPS) is 16.9. The molecular formula is C17H23N5O2S2. The van der Waals surface area contributed by atoms with Crippen LogP contribution in [0.1, 0.15) is 46.2 Å². The first-order valence-corrected chi connectivity index (χ1v) is 10.8. The predicted octanol–water partition coefficient (Wildman–Crippen LogP) is 2.72. The van der Waals surface area contributed by atoms with Crippen LogP contribution >= 0.6 is 23.1 Å². The first-order chi connectivity index (χ1) is 12.5. The van der Waals surface area contributed by atoms with Crippen LogP contribution in [0.5, 0.6) is 0 Å². The maximum atomic E-state index is 12.5. The Morgan fingerprint density at radius 1 is 1.42 bits per heavy atom. The lowest BCUT2D eigenvalue weighted by Gasteiger charge is -2.23. The number of amides is 2. The van der Waals surface area contributed by atoms with E-state index in [-0.39, 0.29) is 17.9 Å². The number of carbonyl (C=O) groups excluding carboxylic acids is 2. The van der Waals surface area contributed by atoms with Crippen molar-refractivity contribution >= 4 is 40.9 Å². The van der Waals surface area contributed by atoms with Crippen molar-refractivity contribution in [2.24, 2.45) is 7.05 Å². The Bertz CT molecular complexity index is 801. The van der Waals surface area contributed by atoms with Gasteiger partial charge in [-0.25, -0.2) is 0 Å². The van der Waals surface area contributed by atoms with Gasteiger partial charge in [-0.2, -0.15) is 16.7 Å². The molecule has 0 aromatic carbocycles. The van der Waals surface area contributed by atoms with E-state index in [4.69, 9.17) is 0 Å². The molecule has 1 saturated heterocycles. The smallest absolute Gasteiger partial charge is 0.268 e. The van der Waals surface area contributed by atoms with E-state index in [0.29, 0.717) is 16.6 Å². The van der Waals surface area contributed by atoms with E-state index in [0.717, 1.165) is 36.5 Å². The summed E-state index contributed by atoms with van der Waals surface area (Å²) in [5.74, 6) is 1.60. The molecule has 1 aliphatic heterocycles. The molecular weight excluding hydrogens is 370 g/mol. The van der Waals surface area contributed by atoms with Crippen molar-refractivity contribution in [3.8, 4) is 0 Å². The predicted molar refractivity (Wildman–Crippen MR) is 105 cm³/mol. The molecule has 26 heavy (non-hydrogen) atoms. The Labute approximate surface area is 161 Å². The molecule has 0 bridgehead atoms. The standard InChI is InChI=1S/C17H23N5O2S2/c1-4-14-18-17(20-21(14)2)19-16(24)13-8-7-12(26-13)11-6-5-9-22(11)15(23)10-25-3/h7-8,11H,4-6,9-10H2,1-3H3,(H,19,20,24)/t11-/m0/s1. The average Bonchev–Trinajstić information content (AvgIpc) is 3.33. The Kier molecular flexibility index (Phi) is 5.98. The van der Waals surface area contributed by atoms with Crippen molar-refractivity contribution in [3.05, 3.63) is 27.7 Å². The van der Waals surface area contributed by atoms with Gasteiger partial charge < -0.3 is 4.90 Å². The summed E-state index contributed by atoms with van der Waals surface area (Å²) in [6.45, 7) is 2.79. The van der Waals surface area contributed by atoms with Crippen LogP contribution in [-0.2, 0) is 18.3 Å². The van der Waals surface area contributed by atoms with E-state index >= 15 is 0 Å². The van der Waals surface area contributed by atoms with Crippen LogP contribution < -0.4 is 5.32 Å². The van der Waals surface area contributed by atoms with Crippen molar-refractivity contribution < 1.29 is 9.59 Å². The number of aromatic nitrogens is 3. The minimum Gasteiger partial charge on any atom is -0.334 e. The highest BCUT2D eigenvalue weighted by Gasteiger charge is 2.31. The van der Waals surface area contributed by atoms with Crippen LogP contribution in [-0.4, -0.2) is 50.0 Å². The number of carbonyl (C=O) groups is 2. The SMILES string of the molecule is CCc1nc(NC(=O)c2ccc([C@@H]3CCCN3C(=O)CSC)s2)nn1C. The molecule has 2 aromatic rings. The quantitative estimate of drug-likeness (QED) is 0.816. The lowest BCUT2D eigenvalue weighted by atomic mass is 10.2. The fraction of sp³-hybridized carbons (Fsp3) is 0.529. The van der Waals surface area contributed by atoms with E-state index in [9.17, 15) is 9.59 Å². The largest absolute Gasteiger partial charge is 0.334 e. The molecule has 0 saturated carbocycles. The van der Waals surface area contributed by atoms with E-state index in [1.54, 1.807) is 16.4 Å². The Morgan fingerprint density at radius 2 is 2.23 bits per heavy atom. The van der Waals surface area contributed by atoms with Crippen molar-refractivity contribution in [2.75, 3.05) is 23.9 Å². The van der Waals surface area contributed by atoms with Crippen LogP contribution in [0.3, 0.4) is 0 Å². The highest BCUT2D eigenvalue weighted by atomic mass is 32.2. The lowest BCUT2D eigenvalue weighted by molar-refractivity contribution is -0.129. The van der Waals surface area contributed by atoms with Crippen LogP contribution in [0.4, 0.5) is 5.95 Å². The van der Waals surface area contributed by atoms with Crippen LogP contribution in [0.25, 0.3) is 0 Å². The fourth-order valence-corrected chi connectivity index (χ4v) is 4.63. The molecule has 0 unspecified atom stereocenters. The zero-order chi connectivity index (χ0) is 18.7. The second-order valence-corrected chi connectivity index (χ2v) is 8.14. The molecule has 2 aromatic heterocycles. The molecule has 140 valence electrons. The number of rotatable bonds is 6. The first kappa shape index (κ1) is 18.9. The van der Waals surface area contributed by atoms with Gasteiger partial charge in [0.2, 0.25) is 11.9 Å². The van der Waals surface area contributed by atoms with E-state index < -0.39 is 0 Å². The van der Waals surface area contributed by atoms with Gasteiger partial charge in [0.1, 0.15) is 5.82 Å². The maximum Gasteiger partial charge on any atom is 0.268 e. The van der Waals surface area contributed by atoms with Gasteiger partial charge in [-0.3, -0.25) is 19.6 Å². The van der Waals surface area contributed by atoms with E-state index in [1.165, 1.54) is 11.3 Å². The number of likely N-dealkylation sites (tertiary alicyclic amines) is 1. The molecule has 1 aliphatic rings. The summed E-state index contributed by atoms with van der Waals surface area (Å²) in [5.41, 5.74) is 0. The number of thioether (sulfide) groups is 1. The summed E-state index contributed by atoms with van der Waals surface area (Å²) in [4.78, 5) is 32.7. The molecule has 1 atom stereocenters. The Hall–Kier alpha value is -1.87. The van der Waals surface area contributed by atoms with Crippen molar-refractivity contribution in [1.82, 2.24) is 19.7 Å². The van der Waals surface area contributed by atoms with Crippen LogP contribution in [0.2, 0.25) is 0 Å². The van der Waals surface area contributed by atoms with Crippen LogP contribution in [0.15, 0.2) is 12.1 Å². The topological polar surface area (TPSA) is 80.1 Å². The number of hydrogen-bond donors (Lipinski definition) is 1. The molecule has 0 aliphatic carbocycles. The minimum atomic E-state index is -0.213. The van der Waals surface area contributed by atoms with E-state index in [2.05, 4.69) is 15.4 Å². The molecule has 0 spiro atoms. The number of nitrogens with zero attached hydrogens (tertiary/aromatic N) is 4. The first-order valence-electron chi connectivity index (χ1n) is 8.62. The third-order valence-electron chi connectivity index (χ3n) is 4.41. The average molecular weight is 394 g/mol. The third-order valence-corrected chi connectivity index (χ3v) is 6.14. The van der Waals surface area contributed by atoms with Crippen molar-refractivity contribution in [3.63, 3.8) is 0 Å². The van der Waals surface area contributed by atoms with Crippen molar-refractivity contribution in [1.29, 1.82) is 0 Å². The van der Waals surface area contributed by atoms with E-state index in [1.807, 2.05) is 37.3 Å². The minimum absolute atomic E-state index is 0.0841. The molecule has 0 radical (unpaired) electrons. The lowest BCUT2D eigenvalue weighted by Crippen LogP contribution is -2.31. The van der Waals surface area contributed by atoms with Gasteiger partial charge in [0.05, 0.1) is 16.7 Å². The van der Waals surface area contributed by atoms with Crippen molar-refractivity contribution in [2.45, 2.75) is 32.2 Å². The van der Waals surface area contributed by atoms with Gasteiger partial charge in [-0.05, 0) is 31.2 Å². The summed E-state index contributed by atoms with van der Waals surface area (Å²) in [6.07, 6.45) is 4.64. The summed E-state index contributed by atoms with van der Waals surface area (Å²) >= 11 is 2.98. The molecule has 7 nitrogen and oxygen atoms in total. The molecule has 2 amide bonds. The number of nitrogens with one attached hydrogen (secondary N) is 1. The number of aryl methyl sites for hydroxylation is 2. The second kappa shape index (κ2) is 8.22. The molecule has 3 rings (SSSR count). The highest BCUT2D eigenvalue weighted by Crippen LogP contribution is 2.36. The fourth-order valence-electron chi connectivity index (χ4n) is 3.16. The zero-order valence-electron chi connectivity index (χ0n) is 15.2. The van der Waals surface area contributed by atoms with Gasteiger partial charge in [0.25, 0.3) is 5.91 Å². The van der Waals surface area contributed by atoms with Gasteiger partial charge >= 0.3 is 0 Å². The Balaban J connectivity index is 1.70. The molecule has 1 fully saturated rings. The maximum absolute atomic E-state index is 12.5. The van der Waals surface area contributed by atoms with Crippen LogP contribution in [0, 0.1) is 0 Å². The number of thiophene rings is 1.